The molecule has 36 heavy (non-hydrogen) atoms. The third kappa shape index (κ3) is 4.73. The Bertz CT molecular complexity index is 1640. The first kappa shape index (κ1) is 24.4. The molecule has 0 fully saturated rings. The smallest absolute Gasteiger partial charge is 0.338 e. The Morgan fingerprint density at radius 2 is 2.00 bits per heavy atom. The lowest BCUT2D eigenvalue weighted by Gasteiger charge is -2.24. The highest BCUT2D eigenvalue weighted by Gasteiger charge is 2.33. The van der Waals surface area contributed by atoms with Gasteiger partial charge in [0.1, 0.15) is 5.76 Å². The molecule has 0 saturated carbocycles. The lowest BCUT2D eigenvalue weighted by molar-refractivity contribution is -0.139. The van der Waals surface area contributed by atoms with E-state index in [2.05, 4.69) is 30.9 Å². The number of hydrogen-bond donors (Lipinski definition) is 0. The van der Waals surface area contributed by atoms with E-state index >= 15 is 0 Å². The van der Waals surface area contributed by atoms with Gasteiger partial charge < -0.3 is 9.15 Å². The Hall–Kier alpha value is -3.28. The van der Waals surface area contributed by atoms with Crippen LogP contribution in [0.5, 0.6) is 0 Å². The minimum Gasteiger partial charge on any atom is -0.463 e. The molecule has 1 aliphatic rings. The predicted octanol–water partition coefficient (Wildman–Crippen LogP) is 4.10. The van der Waals surface area contributed by atoms with Gasteiger partial charge in [-0.25, -0.2) is 19.8 Å². The summed E-state index contributed by atoms with van der Waals surface area (Å²) >= 11 is 6.01. The molecule has 0 amide bonds. The molecule has 0 radical (unpaired) electrons. The zero-order chi connectivity index (χ0) is 25.2. The number of rotatable bonds is 6. The second-order valence-corrected chi connectivity index (χ2v) is 10.4. The van der Waals surface area contributed by atoms with Crippen LogP contribution in [0.25, 0.3) is 6.08 Å². The van der Waals surface area contributed by atoms with Crippen LogP contribution in [-0.4, -0.2) is 27.1 Å². The van der Waals surface area contributed by atoms with Crippen molar-refractivity contribution >= 4 is 51.1 Å². The summed E-state index contributed by atoms with van der Waals surface area (Å²) in [5.74, 6) is 0.00445. The summed E-state index contributed by atoms with van der Waals surface area (Å²) in [6.07, 6.45) is 4.99. The number of furan rings is 1. The summed E-state index contributed by atoms with van der Waals surface area (Å²) in [7, 11) is 0. The SMILES string of the molecule is CCOC(=O)C1=C(C)N=c2s/c(=C/c3cc(Br)c(Sc4ncccn4)o3)c(=O)n2[C@@H]1c1ccccc1. The number of nitrogens with zero attached hydrogens (tertiary/aromatic N) is 4. The van der Waals surface area contributed by atoms with Gasteiger partial charge in [0.25, 0.3) is 5.56 Å². The Morgan fingerprint density at radius 3 is 2.72 bits per heavy atom. The number of allylic oxidation sites excluding steroid dienone is 1. The highest BCUT2D eigenvalue weighted by molar-refractivity contribution is 9.10. The highest BCUT2D eigenvalue weighted by Crippen LogP contribution is 2.34. The van der Waals surface area contributed by atoms with Crippen LogP contribution in [0.2, 0.25) is 0 Å². The number of ether oxygens (including phenoxy) is 1. The third-order valence-corrected chi connectivity index (χ3v) is 8.02. The van der Waals surface area contributed by atoms with Crippen molar-refractivity contribution in [3.8, 4) is 0 Å². The summed E-state index contributed by atoms with van der Waals surface area (Å²) < 4.78 is 14.0. The molecule has 4 heterocycles. The number of benzene rings is 1. The van der Waals surface area contributed by atoms with E-state index in [1.807, 2.05) is 30.3 Å². The fourth-order valence-electron chi connectivity index (χ4n) is 3.80. The quantitative estimate of drug-likeness (QED) is 0.249. The molecule has 11 heteroatoms. The lowest BCUT2D eigenvalue weighted by atomic mass is 9.96. The van der Waals surface area contributed by atoms with Crippen molar-refractivity contribution in [2.24, 2.45) is 4.99 Å². The molecular formula is C25H19BrN4O4S2. The largest absolute Gasteiger partial charge is 0.463 e. The summed E-state index contributed by atoms with van der Waals surface area (Å²) in [5, 5.41) is 1.12. The van der Waals surface area contributed by atoms with Crippen molar-refractivity contribution in [2.75, 3.05) is 6.61 Å². The molecule has 0 spiro atoms. The molecule has 1 atom stereocenters. The van der Waals surface area contributed by atoms with Gasteiger partial charge in [-0.1, -0.05) is 41.7 Å². The fraction of sp³-hybridized carbons (Fsp3) is 0.160. The molecule has 4 aromatic rings. The summed E-state index contributed by atoms with van der Waals surface area (Å²) in [4.78, 5) is 40.0. The maximum absolute atomic E-state index is 13.6. The topological polar surface area (TPSA) is 99.6 Å². The van der Waals surface area contributed by atoms with E-state index in [0.29, 0.717) is 36.6 Å². The van der Waals surface area contributed by atoms with Crippen molar-refractivity contribution in [3.05, 3.63) is 102 Å². The van der Waals surface area contributed by atoms with E-state index in [9.17, 15) is 9.59 Å². The predicted molar refractivity (Wildman–Crippen MR) is 139 cm³/mol. The van der Waals surface area contributed by atoms with Gasteiger partial charge in [0.2, 0.25) is 0 Å². The Labute approximate surface area is 222 Å². The van der Waals surface area contributed by atoms with Crippen molar-refractivity contribution in [2.45, 2.75) is 30.1 Å². The molecule has 182 valence electrons. The zero-order valence-electron chi connectivity index (χ0n) is 19.2. The monoisotopic (exact) mass is 582 g/mol. The summed E-state index contributed by atoms with van der Waals surface area (Å²) in [5.41, 5.74) is 1.40. The van der Waals surface area contributed by atoms with Gasteiger partial charge in [-0.2, -0.15) is 0 Å². The van der Waals surface area contributed by atoms with Crippen LogP contribution < -0.4 is 14.9 Å². The van der Waals surface area contributed by atoms with Crippen molar-refractivity contribution in [1.82, 2.24) is 14.5 Å². The van der Waals surface area contributed by atoms with E-state index in [1.165, 1.54) is 23.1 Å². The minimum atomic E-state index is -0.645. The normalized spacial score (nSPS) is 15.5. The average Bonchev–Trinajstić information content (AvgIpc) is 3.37. The number of thiazole rings is 1. The Balaban J connectivity index is 1.60. The van der Waals surface area contributed by atoms with Crippen LogP contribution in [0.3, 0.4) is 0 Å². The van der Waals surface area contributed by atoms with E-state index in [0.717, 1.165) is 10.0 Å². The van der Waals surface area contributed by atoms with E-state index in [1.54, 1.807) is 49.0 Å². The van der Waals surface area contributed by atoms with Gasteiger partial charge in [-0.3, -0.25) is 9.36 Å². The van der Waals surface area contributed by atoms with Crippen molar-refractivity contribution < 1.29 is 13.9 Å². The number of aromatic nitrogens is 3. The van der Waals surface area contributed by atoms with Crippen LogP contribution in [-0.2, 0) is 9.53 Å². The number of esters is 1. The molecule has 1 aromatic carbocycles. The highest BCUT2D eigenvalue weighted by atomic mass is 79.9. The van der Waals surface area contributed by atoms with Crippen LogP contribution in [0, 0.1) is 0 Å². The lowest BCUT2D eigenvalue weighted by Crippen LogP contribution is -2.39. The Kier molecular flexibility index (Phi) is 7.04. The molecule has 0 aliphatic carbocycles. The van der Waals surface area contributed by atoms with Crippen molar-refractivity contribution in [1.29, 1.82) is 0 Å². The van der Waals surface area contributed by atoms with Crippen LogP contribution in [0.4, 0.5) is 0 Å². The Morgan fingerprint density at radius 1 is 1.25 bits per heavy atom. The number of carbonyl (C=O) groups is 1. The van der Waals surface area contributed by atoms with Gasteiger partial charge >= 0.3 is 5.97 Å². The first-order valence-electron chi connectivity index (χ1n) is 10.9. The van der Waals surface area contributed by atoms with Gasteiger partial charge in [0, 0.05) is 18.5 Å². The van der Waals surface area contributed by atoms with E-state index < -0.39 is 12.0 Å². The van der Waals surface area contributed by atoms with Crippen molar-refractivity contribution in [3.63, 3.8) is 0 Å². The molecule has 1 aliphatic heterocycles. The molecule has 0 bridgehead atoms. The number of halogens is 1. The average molecular weight is 583 g/mol. The molecule has 0 saturated heterocycles. The maximum Gasteiger partial charge on any atom is 0.338 e. The third-order valence-electron chi connectivity index (χ3n) is 5.31. The summed E-state index contributed by atoms with van der Waals surface area (Å²) in [6, 6.07) is 12.3. The number of fused-ring (bicyclic) bond motifs is 1. The number of carbonyl (C=O) groups excluding carboxylic acids is 1. The van der Waals surface area contributed by atoms with Gasteiger partial charge in [0.05, 0.1) is 32.9 Å². The van der Waals surface area contributed by atoms with Gasteiger partial charge in [0.15, 0.2) is 15.1 Å². The van der Waals surface area contributed by atoms with Crippen LogP contribution in [0.15, 0.2) is 95.1 Å². The van der Waals surface area contributed by atoms with Crippen LogP contribution >= 0.6 is 39.0 Å². The van der Waals surface area contributed by atoms with E-state index in [4.69, 9.17) is 9.15 Å². The minimum absolute atomic E-state index is 0.225. The second-order valence-electron chi connectivity index (χ2n) is 7.63. The number of hydrogen-bond acceptors (Lipinski definition) is 9. The van der Waals surface area contributed by atoms with Gasteiger partial charge in [-0.05, 0) is 59.2 Å². The standard InChI is InChI=1S/C25H19BrN4O4S2/c1-3-33-22(32)19-14(2)29-25-30(20(19)15-8-5-4-6-9-15)21(31)18(35-25)13-16-12-17(26)23(34-16)36-24-27-10-7-11-28-24/h4-13,20H,3H2,1-2H3/b18-13+/t20-/m1/s1. The molecule has 0 N–H and O–H groups in total. The summed E-state index contributed by atoms with van der Waals surface area (Å²) in [6.45, 7) is 3.74. The second kappa shape index (κ2) is 10.4. The molecule has 3 aromatic heterocycles. The molecule has 0 unspecified atom stereocenters. The van der Waals surface area contributed by atoms with Gasteiger partial charge in [-0.15, -0.1) is 0 Å². The molecule has 8 nitrogen and oxygen atoms in total. The first-order valence-corrected chi connectivity index (χ1v) is 13.4. The first-order chi connectivity index (χ1) is 17.5. The van der Waals surface area contributed by atoms with E-state index in [-0.39, 0.29) is 12.2 Å². The maximum atomic E-state index is 13.6. The fourth-order valence-corrected chi connectivity index (χ4v) is 6.07. The molecule has 5 rings (SSSR count). The zero-order valence-corrected chi connectivity index (χ0v) is 22.4. The van der Waals surface area contributed by atoms with Crippen LogP contribution in [0.1, 0.15) is 31.2 Å². The molecular weight excluding hydrogens is 564 g/mol.